The molecule has 0 radical (unpaired) electrons. The number of rotatable bonds is 1. The Kier molecular flexibility index (Phi) is 2.05. The van der Waals surface area contributed by atoms with Crippen LogP contribution in [0.2, 0.25) is 0 Å². The van der Waals surface area contributed by atoms with Gasteiger partial charge >= 0.3 is 0 Å². The maximum atomic E-state index is 13.4. The van der Waals surface area contributed by atoms with E-state index in [4.69, 9.17) is 0 Å². The molecule has 3 heteroatoms. The first kappa shape index (κ1) is 8.97. The lowest BCUT2D eigenvalue weighted by Crippen LogP contribution is -2.43. The fraction of sp³-hybridized carbons (Fsp3) is 0.900. The first-order valence-corrected chi connectivity index (χ1v) is 5.10. The lowest BCUT2D eigenvalue weighted by atomic mass is 9.99. The zero-order chi connectivity index (χ0) is 9.47. The predicted octanol–water partition coefficient (Wildman–Crippen LogP) is 1.75. The Balaban J connectivity index is 1.91. The Morgan fingerprint density at radius 1 is 1.38 bits per heavy atom. The summed E-state index contributed by atoms with van der Waals surface area (Å²) in [5.74, 6) is 0.443. The Hall–Kier alpha value is -0.600. The van der Waals surface area contributed by atoms with Crippen LogP contribution < -0.4 is 0 Å². The summed E-state index contributed by atoms with van der Waals surface area (Å²) in [5, 5.41) is 0. The highest BCUT2D eigenvalue weighted by molar-refractivity contribution is 5.88. The highest BCUT2D eigenvalue weighted by atomic mass is 19.1. The molecule has 1 amide bonds. The van der Waals surface area contributed by atoms with Crippen molar-refractivity contribution in [2.75, 3.05) is 13.1 Å². The summed E-state index contributed by atoms with van der Waals surface area (Å²) in [5.41, 5.74) is -1.46. The van der Waals surface area contributed by atoms with E-state index in [2.05, 4.69) is 6.92 Å². The van der Waals surface area contributed by atoms with E-state index in [1.807, 2.05) is 0 Å². The van der Waals surface area contributed by atoms with Crippen molar-refractivity contribution in [2.24, 2.45) is 5.92 Å². The summed E-state index contributed by atoms with van der Waals surface area (Å²) < 4.78 is 13.4. The monoisotopic (exact) mass is 185 g/mol. The normalized spacial score (nSPS) is 27.4. The average molecular weight is 185 g/mol. The third kappa shape index (κ3) is 1.69. The number of piperidine rings is 1. The van der Waals surface area contributed by atoms with E-state index < -0.39 is 5.67 Å². The molecule has 1 aliphatic heterocycles. The molecule has 1 saturated carbocycles. The molecule has 2 rings (SSSR count). The highest BCUT2D eigenvalue weighted by Gasteiger charge is 2.52. The first-order valence-electron chi connectivity index (χ1n) is 5.10. The van der Waals surface area contributed by atoms with Gasteiger partial charge in [0.15, 0.2) is 5.67 Å². The molecule has 1 saturated heterocycles. The Morgan fingerprint density at radius 3 is 2.38 bits per heavy atom. The van der Waals surface area contributed by atoms with Crippen LogP contribution in [0.4, 0.5) is 4.39 Å². The molecule has 0 aromatic carbocycles. The van der Waals surface area contributed by atoms with Crippen LogP contribution in [0.3, 0.4) is 0 Å². The maximum absolute atomic E-state index is 13.4. The number of carbonyl (C=O) groups is 1. The minimum atomic E-state index is -1.46. The molecule has 0 spiro atoms. The van der Waals surface area contributed by atoms with Gasteiger partial charge in [-0.05, 0) is 31.6 Å². The van der Waals surface area contributed by atoms with Gasteiger partial charge in [-0.2, -0.15) is 0 Å². The summed E-state index contributed by atoms with van der Waals surface area (Å²) in [6.07, 6.45) is 2.94. The molecular formula is C10H16FNO. The predicted molar refractivity (Wildman–Crippen MR) is 48.1 cm³/mol. The first-order chi connectivity index (χ1) is 6.12. The second kappa shape index (κ2) is 2.96. The molecule has 74 valence electrons. The minimum absolute atomic E-state index is 0.251. The van der Waals surface area contributed by atoms with Crippen LogP contribution in [0.5, 0.6) is 0 Å². The Morgan fingerprint density at radius 2 is 1.92 bits per heavy atom. The number of carbonyl (C=O) groups excluding carboxylic acids is 1. The van der Waals surface area contributed by atoms with Crippen LogP contribution in [0.15, 0.2) is 0 Å². The molecule has 1 heterocycles. The number of hydrogen-bond donors (Lipinski definition) is 0. The number of nitrogens with zero attached hydrogens (tertiary/aromatic N) is 1. The van der Waals surface area contributed by atoms with Crippen molar-refractivity contribution >= 4 is 5.91 Å². The SMILES string of the molecule is CC1CCN(C(=O)C2(F)CC2)CC1. The van der Waals surface area contributed by atoms with Gasteiger partial charge < -0.3 is 4.90 Å². The second-order valence-corrected chi connectivity index (χ2v) is 4.44. The third-order valence-electron chi connectivity index (χ3n) is 3.14. The molecule has 0 unspecified atom stereocenters. The summed E-state index contributed by atoms with van der Waals surface area (Å²) in [6, 6.07) is 0. The molecule has 1 aliphatic carbocycles. The van der Waals surface area contributed by atoms with Gasteiger partial charge in [0.2, 0.25) is 0 Å². The summed E-state index contributed by atoms with van der Waals surface area (Å²) in [6.45, 7) is 3.70. The molecule has 0 bridgehead atoms. The van der Waals surface area contributed by atoms with E-state index in [0.717, 1.165) is 25.9 Å². The van der Waals surface area contributed by atoms with E-state index in [9.17, 15) is 9.18 Å². The Labute approximate surface area is 78.1 Å². The maximum Gasteiger partial charge on any atom is 0.260 e. The van der Waals surface area contributed by atoms with E-state index >= 15 is 0 Å². The molecule has 0 N–H and O–H groups in total. The van der Waals surface area contributed by atoms with Crippen LogP contribution in [0.1, 0.15) is 32.6 Å². The van der Waals surface area contributed by atoms with E-state index in [0.29, 0.717) is 18.8 Å². The highest BCUT2D eigenvalue weighted by Crippen LogP contribution is 2.41. The molecule has 2 fully saturated rings. The third-order valence-corrected chi connectivity index (χ3v) is 3.14. The summed E-state index contributed by atoms with van der Waals surface area (Å²) in [7, 11) is 0. The topological polar surface area (TPSA) is 20.3 Å². The molecule has 0 aromatic rings. The van der Waals surface area contributed by atoms with Crippen LogP contribution in [0, 0.1) is 5.92 Å². The number of hydrogen-bond acceptors (Lipinski definition) is 1. The molecular weight excluding hydrogens is 169 g/mol. The van der Waals surface area contributed by atoms with Gasteiger partial charge in [-0.15, -0.1) is 0 Å². The van der Waals surface area contributed by atoms with E-state index in [-0.39, 0.29) is 5.91 Å². The largest absolute Gasteiger partial charge is 0.340 e. The van der Waals surface area contributed by atoms with Gasteiger partial charge in [0.05, 0.1) is 0 Å². The molecule has 2 nitrogen and oxygen atoms in total. The smallest absolute Gasteiger partial charge is 0.260 e. The van der Waals surface area contributed by atoms with Crippen LogP contribution in [-0.2, 0) is 4.79 Å². The van der Waals surface area contributed by atoms with Crippen LogP contribution >= 0.6 is 0 Å². The Bertz CT molecular complexity index is 217. The van der Waals surface area contributed by atoms with Crippen LogP contribution in [0.25, 0.3) is 0 Å². The van der Waals surface area contributed by atoms with Crippen molar-refractivity contribution in [3.05, 3.63) is 0 Å². The average Bonchev–Trinajstić information content (AvgIpc) is 2.85. The number of likely N-dealkylation sites (tertiary alicyclic amines) is 1. The zero-order valence-corrected chi connectivity index (χ0v) is 8.05. The summed E-state index contributed by atoms with van der Waals surface area (Å²) in [4.78, 5) is 13.2. The van der Waals surface area contributed by atoms with Crippen molar-refractivity contribution in [2.45, 2.75) is 38.3 Å². The molecule has 0 aromatic heterocycles. The zero-order valence-electron chi connectivity index (χ0n) is 8.05. The van der Waals surface area contributed by atoms with Gasteiger partial charge in [0.1, 0.15) is 0 Å². The van der Waals surface area contributed by atoms with Crippen LogP contribution in [-0.4, -0.2) is 29.6 Å². The van der Waals surface area contributed by atoms with Crippen molar-refractivity contribution in [1.82, 2.24) is 4.90 Å². The van der Waals surface area contributed by atoms with Crippen molar-refractivity contribution in [3.8, 4) is 0 Å². The number of amides is 1. The lowest BCUT2D eigenvalue weighted by molar-refractivity contribution is -0.139. The fourth-order valence-electron chi connectivity index (χ4n) is 1.82. The van der Waals surface area contributed by atoms with E-state index in [1.54, 1.807) is 4.90 Å². The van der Waals surface area contributed by atoms with Crippen molar-refractivity contribution < 1.29 is 9.18 Å². The second-order valence-electron chi connectivity index (χ2n) is 4.44. The molecule has 2 aliphatic rings. The number of alkyl halides is 1. The fourth-order valence-corrected chi connectivity index (χ4v) is 1.82. The quantitative estimate of drug-likeness (QED) is 0.609. The van der Waals surface area contributed by atoms with Gasteiger partial charge in [-0.1, -0.05) is 6.92 Å². The molecule has 13 heavy (non-hydrogen) atoms. The number of halogens is 1. The van der Waals surface area contributed by atoms with Gasteiger partial charge in [-0.3, -0.25) is 4.79 Å². The van der Waals surface area contributed by atoms with Crippen molar-refractivity contribution in [1.29, 1.82) is 0 Å². The van der Waals surface area contributed by atoms with Crippen molar-refractivity contribution in [3.63, 3.8) is 0 Å². The van der Waals surface area contributed by atoms with E-state index in [1.165, 1.54) is 0 Å². The van der Waals surface area contributed by atoms with Gasteiger partial charge in [-0.25, -0.2) is 4.39 Å². The standard InChI is InChI=1S/C10H16FNO/c1-8-2-6-12(7-3-8)9(13)10(11)4-5-10/h8H,2-7H2,1H3. The molecule has 0 atom stereocenters. The van der Waals surface area contributed by atoms with Gasteiger partial charge in [0, 0.05) is 13.1 Å². The summed E-state index contributed by atoms with van der Waals surface area (Å²) >= 11 is 0. The minimum Gasteiger partial charge on any atom is -0.340 e. The van der Waals surface area contributed by atoms with Gasteiger partial charge in [0.25, 0.3) is 5.91 Å². The lowest BCUT2D eigenvalue weighted by Gasteiger charge is -2.31.